The lowest BCUT2D eigenvalue weighted by Gasteiger charge is -2.41. The molecule has 1 aliphatic heterocycles. The maximum atomic E-state index is 13.2. The zero-order valence-electron chi connectivity index (χ0n) is 18.4. The van der Waals surface area contributed by atoms with Gasteiger partial charge in [0.2, 0.25) is 5.91 Å². The number of alkyl halides is 1. The van der Waals surface area contributed by atoms with E-state index in [9.17, 15) is 14.4 Å². The van der Waals surface area contributed by atoms with Crippen molar-refractivity contribution in [1.29, 1.82) is 0 Å². The molecule has 170 valence electrons. The molecule has 0 spiro atoms. The molecule has 4 rings (SSSR count). The number of benzene rings is 1. The van der Waals surface area contributed by atoms with E-state index >= 15 is 0 Å². The first-order valence-electron chi connectivity index (χ1n) is 10.9. The van der Waals surface area contributed by atoms with Crippen LogP contribution in [0.2, 0.25) is 0 Å². The summed E-state index contributed by atoms with van der Waals surface area (Å²) in [5, 5.41) is 10.3. The molecule has 9 heteroatoms. The molecule has 1 aromatic heterocycles. The van der Waals surface area contributed by atoms with Gasteiger partial charge < -0.3 is 15.5 Å². The number of hydrogen-bond donors (Lipinski definition) is 2. The Bertz CT molecular complexity index is 1030. The molecule has 0 saturated heterocycles. The minimum absolute atomic E-state index is 0.149. The zero-order valence-corrected chi connectivity index (χ0v) is 20.5. The van der Waals surface area contributed by atoms with Crippen molar-refractivity contribution < 1.29 is 14.4 Å². The monoisotopic (exact) mass is 549 g/mol. The van der Waals surface area contributed by atoms with Gasteiger partial charge in [0, 0.05) is 29.3 Å². The van der Waals surface area contributed by atoms with Gasteiger partial charge in [0.05, 0.1) is 6.54 Å². The van der Waals surface area contributed by atoms with Crippen LogP contribution in [-0.4, -0.2) is 51.0 Å². The van der Waals surface area contributed by atoms with E-state index in [1.807, 2.05) is 24.3 Å². The van der Waals surface area contributed by atoms with E-state index in [2.05, 4.69) is 38.3 Å². The number of carbonyl (C=O) groups is 3. The summed E-state index contributed by atoms with van der Waals surface area (Å²) in [6, 6.07) is 9.23. The molecule has 8 nitrogen and oxygen atoms in total. The predicted molar refractivity (Wildman–Crippen MR) is 130 cm³/mol. The molecule has 1 atom stereocenters. The van der Waals surface area contributed by atoms with Gasteiger partial charge in [-0.25, -0.2) is 0 Å². The Kier molecular flexibility index (Phi) is 6.55. The summed E-state index contributed by atoms with van der Waals surface area (Å²) in [4.78, 5) is 40.4. The molecule has 2 aromatic rings. The molecule has 3 amide bonds. The summed E-state index contributed by atoms with van der Waals surface area (Å²) >= 11 is 2.28. The summed E-state index contributed by atoms with van der Waals surface area (Å²) in [5.41, 5.74) is 1.21. The molecule has 1 unspecified atom stereocenters. The maximum Gasteiger partial charge on any atom is 0.276 e. The Hall–Kier alpha value is -2.43. The summed E-state index contributed by atoms with van der Waals surface area (Å²) < 4.78 is 2.37. The standard InChI is InChI=1S/C23H28IN5O3/c1-23(22(32)26-16-6-4-3-5-7-16)14-29-19(21(31)28(23)2)12-18(27-29)20(30)25-17-10-8-15(13-24)9-11-17/h8-12,16H,3-7,13-14H2,1-2H3,(H,25,30)(H,26,32). The fourth-order valence-corrected chi connectivity index (χ4v) is 4.81. The van der Waals surface area contributed by atoms with E-state index in [0.717, 1.165) is 30.1 Å². The average molecular weight is 549 g/mol. The number of amides is 3. The number of nitrogens with one attached hydrogen (secondary N) is 2. The minimum Gasteiger partial charge on any atom is -0.351 e. The molecule has 1 fully saturated rings. The van der Waals surface area contributed by atoms with Crippen molar-refractivity contribution in [3.63, 3.8) is 0 Å². The molecule has 0 radical (unpaired) electrons. The highest BCUT2D eigenvalue weighted by atomic mass is 127. The smallest absolute Gasteiger partial charge is 0.276 e. The van der Waals surface area contributed by atoms with Crippen LogP contribution in [0.15, 0.2) is 30.3 Å². The van der Waals surface area contributed by atoms with Crippen molar-refractivity contribution in [2.45, 2.75) is 61.6 Å². The molecule has 2 aliphatic rings. The van der Waals surface area contributed by atoms with Crippen LogP contribution in [0.1, 0.15) is 65.6 Å². The van der Waals surface area contributed by atoms with E-state index < -0.39 is 11.4 Å². The van der Waals surface area contributed by atoms with Crippen LogP contribution in [0.4, 0.5) is 5.69 Å². The van der Waals surface area contributed by atoms with Crippen LogP contribution in [-0.2, 0) is 15.8 Å². The van der Waals surface area contributed by atoms with Crippen molar-refractivity contribution in [2.24, 2.45) is 0 Å². The fourth-order valence-electron chi connectivity index (χ4n) is 4.30. The number of anilines is 1. The van der Waals surface area contributed by atoms with Crippen LogP contribution in [0, 0.1) is 0 Å². The number of nitrogens with zero attached hydrogens (tertiary/aromatic N) is 3. The maximum absolute atomic E-state index is 13.2. The molecule has 1 aromatic carbocycles. The second-order valence-electron chi connectivity index (χ2n) is 8.80. The van der Waals surface area contributed by atoms with Crippen molar-refractivity contribution in [2.75, 3.05) is 12.4 Å². The summed E-state index contributed by atoms with van der Waals surface area (Å²) in [6.45, 7) is 1.95. The van der Waals surface area contributed by atoms with Gasteiger partial charge in [0.25, 0.3) is 11.8 Å². The van der Waals surface area contributed by atoms with Gasteiger partial charge >= 0.3 is 0 Å². The highest BCUT2D eigenvalue weighted by Crippen LogP contribution is 2.27. The summed E-state index contributed by atoms with van der Waals surface area (Å²) in [5.74, 6) is -0.892. The number of aromatic nitrogens is 2. The van der Waals surface area contributed by atoms with Crippen LogP contribution in [0.25, 0.3) is 0 Å². The lowest BCUT2D eigenvalue weighted by Crippen LogP contribution is -2.63. The van der Waals surface area contributed by atoms with Gasteiger partial charge in [-0.1, -0.05) is 54.0 Å². The van der Waals surface area contributed by atoms with Crippen molar-refractivity contribution in [3.8, 4) is 0 Å². The summed E-state index contributed by atoms with van der Waals surface area (Å²) in [6.07, 6.45) is 5.36. The molecular weight excluding hydrogens is 521 g/mol. The Morgan fingerprint density at radius 1 is 1.19 bits per heavy atom. The molecule has 1 saturated carbocycles. The Morgan fingerprint density at radius 3 is 2.53 bits per heavy atom. The quantitative estimate of drug-likeness (QED) is 0.442. The molecule has 32 heavy (non-hydrogen) atoms. The SMILES string of the molecule is CN1C(=O)c2cc(C(=O)Nc3ccc(CI)cc3)nn2CC1(C)C(=O)NC1CCCCC1. The van der Waals surface area contributed by atoms with Gasteiger partial charge in [-0.15, -0.1) is 0 Å². The van der Waals surface area contributed by atoms with Gasteiger partial charge in [-0.2, -0.15) is 5.10 Å². The molecular formula is C23H28IN5O3. The fraction of sp³-hybridized carbons (Fsp3) is 0.478. The number of hydrogen-bond acceptors (Lipinski definition) is 4. The first kappa shape index (κ1) is 22.8. The van der Waals surface area contributed by atoms with E-state index in [0.29, 0.717) is 11.4 Å². The van der Waals surface area contributed by atoms with Gasteiger partial charge in [0.15, 0.2) is 5.69 Å². The average Bonchev–Trinajstić information content (AvgIpc) is 3.23. The molecule has 2 N–H and O–H groups in total. The van der Waals surface area contributed by atoms with E-state index in [-0.39, 0.29) is 30.1 Å². The van der Waals surface area contributed by atoms with Crippen LogP contribution in [0.3, 0.4) is 0 Å². The Balaban J connectivity index is 1.51. The van der Waals surface area contributed by atoms with Gasteiger partial charge in [-0.3, -0.25) is 19.1 Å². The number of fused-ring (bicyclic) bond motifs is 1. The lowest BCUT2D eigenvalue weighted by molar-refractivity contribution is -0.133. The van der Waals surface area contributed by atoms with Crippen molar-refractivity contribution in [3.05, 3.63) is 47.3 Å². The van der Waals surface area contributed by atoms with Crippen molar-refractivity contribution in [1.82, 2.24) is 20.0 Å². The zero-order chi connectivity index (χ0) is 22.9. The lowest BCUT2D eigenvalue weighted by atomic mass is 9.92. The largest absolute Gasteiger partial charge is 0.351 e. The topological polar surface area (TPSA) is 96.3 Å². The minimum atomic E-state index is -1.07. The predicted octanol–water partition coefficient (Wildman–Crippen LogP) is 3.36. The van der Waals surface area contributed by atoms with E-state index in [1.54, 1.807) is 14.0 Å². The molecule has 1 aliphatic carbocycles. The third kappa shape index (κ3) is 4.39. The Morgan fingerprint density at radius 2 is 1.88 bits per heavy atom. The number of halogens is 1. The first-order chi connectivity index (χ1) is 15.3. The van der Waals surface area contributed by atoms with E-state index in [4.69, 9.17) is 0 Å². The highest BCUT2D eigenvalue weighted by molar-refractivity contribution is 14.1. The van der Waals surface area contributed by atoms with Crippen molar-refractivity contribution >= 4 is 46.0 Å². The second kappa shape index (κ2) is 9.21. The van der Waals surface area contributed by atoms with Gasteiger partial charge in [-0.05, 0) is 37.5 Å². The van der Waals surface area contributed by atoms with Gasteiger partial charge in [0.1, 0.15) is 11.2 Å². The number of carbonyl (C=O) groups excluding carboxylic acids is 3. The van der Waals surface area contributed by atoms with E-state index in [1.165, 1.54) is 27.6 Å². The number of rotatable bonds is 5. The second-order valence-corrected chi connectivity index (χ2v) is 9.57. The van der Waals surface area contributed by atoms with Crippen LogP contribution in [0.5, 0.6) is 0 Å². The Labute approximate surface area is 201 Å². The van der Waals surface area contributed by atoms with Crippen LogP contribution < -0.4 is 10.6 Å². The third-order valence-corrected chi connectivity index (χ3v) is 7.41. The first-order valence-corrected chi connectivity index (χ1v) is 12.5. The van der Waals surface area contributed by atoms with Crippen LogP contribution >= 0.6 is 22.6 Å². The third-order valence-electron chi connectivity index (χ3n) is 6.53. The molecule has 0 bridgehead atoms. The highest BCUT2D eigenvalue weighted by Gasteiger charge is 2.46. The molecule has 2 heterocycles. The normalized spacial score (nSPS) is 21.2. The number of likely N-dealkylation sites (N-methyl/N-ethyl adjacent to an activating group) is 1. The summed E-state index contributed by atoms with van der Waals surface area (Å²) in [7, 11) is 1.63.